The van der Waals surface area contributed by atoms with Gasteiger partial charge in [0, 0.05) is 6.42 Å². The van der Waals surface area contributed by atoms with Gasteiger partial charge >= 0.3 is 5.97 Å². The van der Waals surface area contributed by atoms with Crippen LogP contribution in [0.4, 0.5) is 0 Å². The van der Waals surface area contributed by atoms with Crippen molar-refractivity contribution in [1.29, 1.82) is 0 Å². The molecule has 0 rings (SSSR count). The molecule has 98 valence electrons. The molecular formula is C15H26O2. The molecule has 0 radical (unpaired) electrons. The van der Waals surface area contributed by atoms with Crippen LogP contribution in [-0.4, -0.2) is 11.1 Å². The van der Waals surface area contributed by atoms with Crippen LogP contribution < -0.4 is 0 Å². The van der Waals surface area contributed by atoms with Crippen molar-refractivity contribution in [2.24, 2.45) is 5.92 Å². The molecule has 0 aliphatic heterocycles. The third-order valence-electron chi connectivity index (χ3n) is 2.94. The van der Waals surface area contributed by atoms with Crippen LogP contribution in [0.15, 0.2) is 24.8 Å². The summed E-state index contributed by atoms with van der Waals surface area (Å²) in [6.07, 6.45) is 13.9. The van der Waals surface area contributed by atoms with Crippen LogP contribution in [0.2, 0.25) is 0 Å². The van der Waals surface area contributed by atoms with Gasteiger partial charge in [0.05, 0.1) is 0 Å². The van der Waals surface area contributed by atoms with E-state index in [1.807, 2.05) is 6.08 Å². The smallest absolute Gasteiger partial charge is 0.303 e. The van der Waals surface area contributed by atoms with Gasteiger partial charge in [-0.2, -0.15) is 0 Å². The summed E-state index contributed by atoms with van der Waals surface area (Å²) in [5.41, 5.74) is 0. The minimum Gasteiger partial charge on any atom is -0.481 e. The van der Waals surface area contributed by atoms with E-state index in [-0.39, 0.29) is 0 Å². The number of carboxylic acid groups (broad SMARTS) is 1. The van der Waals surface area contributed by atoms with Crippen molar-refractivity contribution in [3.8, 4) is 0 Å². The predicted molar refractivity (Wildman–Crippen MR) is 73.1 cm³/mol. The molecule has 0 aromatic heterocycles. The number of carbonyl (C=O) groups is 1. The molecule has 1 N–H and O–H groups in total. The van der Waals surface area contributed by atoms with Gasteiger partial charge in [0.1, 0.15) is 0 Å². The molecule has 1 unspecified atom stereocenters. The molecular weight excluding hydrogens is 212 g/mol. The Morgan fingerprint density at radius 1 is 1.29 bits per heavy atom. The lowest BCUT2D eigenvalue weighted by Gasteiger charge is -2.13. The van der Waals surface area contributed by atoms with E-state index in [9.17, 15) is 4.79 Å². The molecule has 1 atom stereocenters. The van der Waals surface area contributed by atoms with Crippen molar-refractivity contribution in [2.45, 2.75) is 58.3 Å². The van der Waals surface area contributed by atoms with Crippen LogP contribution in [0.5, 0.6) is 0 Å². The molecule has 0 aromatic carbocycles. The van der Waals surface area contributed by atoms with Gasteiger partial charge in [-0.15, -0.1) is 0 Å². The number of hydrogen-bond donors (Lipinski definition) is 1. The summed E-state index contributed by atoms with van der Waals surface area (Å²) in [6, 6.07) is 0. The number of carboxylic acids is 1. The zero-order valence-corrected chi connectivity index (χ0v) is 11.0. The average Bonchev–Trinajstić information content (AvgIpc) is 2.29. The van der Waals surface area contributed by atoms with Gasteiger partial charge in [0.15, 0.2) is 0 Å². The van der Waals surface area contributed by atoms with Gasteiger partial charge < -0.3 is 5.11 Å². The quantitative estimate of drug-likeness (QED) is 0.423. The van der Waals surface area contributed by atoms with E-state index < -0.39 is 5.97 Å². The Kier molecular flexibility index (Phi) is 10.7. The molecule has 0 spiro atoms. The third kappa shape index (κ3) is 11.2. The van der Waals surface area contributed by atoms with Crippen LogP contribution in [0.3, 0.4) is 0 Å². The lowest BCUT2D eigenvalue weighted by Crippen LogP contribution is -2.07. The van der Waals surface area contributed by atoms with Crippen LogP contribution in [0.25, 0.3) is 0 Å². The van der Waals surface area contributed by atoms with Gasteiger partial charge in [0.2, 0.25) is 0 Å². The Morgan fingerprint density at radius 2 is 2.06 bits per heavy atom. The summed E-state index contributed by atoms with van der Waals surface area (Å²) in [5.74, 6) is -0.336. The predicted octanol–water partition coefficient (Wildman–Crippen LogP) is 4.57. The van der Waals surface area contributed by atoms with E-state index in [0.717, 1.165) is 25.7 Å². The van der Waals surface area contributed by atoms with Crippen molar-refractivity contribution in [2.75, 3.05) is 0 Å². The highest BCUT2D eigenvalue weighted by Crippen LogP contribution is 2.20. The number of aliphatic carboxylic acids is 1. The zero-order chi connectivity index (χ0) is 12.9. The summed E-state index contributed by atoms with van der Waals surface area (Å²) < 4.78 is 0. The first kappa shape index (κ1) is 16.0. The van der Waals surface area contributed by atoms with Crippen LogP contribution in [-0.2, 0) is 4.79 Å². The second-order valence-corrected chi connectivity index (χ2v) is 4.55. The third-order valence-corrected chi connectivity index (χ3v) is 2.94. The molecule has 0 saturated carbocycles. The fourth-order valence-corrected chi connectivity index (χ4v) is 1.98. The number of hydrogen-bond acceptors (Lipinski definition) is 1. The normalized spacial score (nSPS) is 12.8. The lowest BCUT2D eigenvalue weighted by atomic mass is 9.93. The standard InChI is InChI=1S/C15H26O2/c1-3-5-7-9-11-14(13-15(16)17)12-10-8-6-4-2/h3,5,7,14H,1,4,6,8-13H2,2H3,(H,16,17). The molecule has 0 amide bonds. The van der Waals surface area contributed by atoms with E-state index in [0.29, 0.717) is 12.3 Å². The van der Waals surface area contributed by atoms with E-state index >= 15 is 0 Å². The Labute approximate surface area is 105 Å². The Hall–Kier alpha value is -1.05. The Morgan fingerprint density at radius 3 is 2.65 bits per heavy atom. The van der Waals surface area contributed by atoms with Crippen molar-refractivity contribution in [3.05, 3.63) is 24.8 Å². The number of rotatable bonds is 11. The first-order valence-electron chi connectivity index (χ1n) is 6.70. The van der Waals surface area contributed by atoms with E-state index in [2.05, 4.69) is 19.6 Å². The lowest BCUT2D eigenvalue weighted by molar-refractivity contribution is -0.138. The van der Waals surface area contributed by atoms with Crippen molar-refractivity contribution >= 4 is 5.97 Å². The summed E-state index contributed by atoms with van der Waals surface area (Å²) in [4.78, 5) is 10.8. The SMILES string of the molecule is C=CC=CCCC(CCCCCC)CC(=O)O. The summed E-state index contributed by atoms with van der Waals surface area (Å²) in [7, 11) is 0. The summed E-state index contributed by atoms with van der Waals surface area (Å²) >= 11 is 0. The molecule has 0 fully saturated rings. The van der Waals surface area contributed by atoms with Gasteiger partial charge in [-0.1, -0.05) is 57.4 Å². The first-order valence-corrected chi connectivity index (χ1v) is 6.70. The van der Waals surface area contributed by atoms with E-state index in [1.54, 1.807) is 6.08 Å². The van der Waals surface area contributed by atoms with Crippen LogP contribution in [0, 0.1) is 5.92 Å². The molecule has 2 nitrogen and oxygen atoms in total. The highest BCUT2D eigenvalue weighted by Gasteiger charge is 2.11. The van der Waals surface area contributed by atoms with Crippen molar-refractivity contribution < 1.29 is 9.90 Å². The van der Waals surface area contributed by atoms with Gasteiger partial charge in [-0.25, -0.2) is 0 Å². The maximum Gasteiger partial charge on any atom is 0.303 e. The topological polar surface area (TPSA) is 37.3 Å². The fraction of sp³-hybridized carbons (Fsp3) is 0.667. The van der Waals surface area contributed by atoms with Crippen LogP contribution >= 0.6 is 0 Å². The number of unbranched alkanes of at least 4 members (excludes halogenated alkanes) is 3. The fourth-order valence-electron chi connectivity index (χ4n) is 1.98. The van der Waals surface area contributed by atoms with Gasteiger partial charge in [-0.3, -0.25) is 4.79 Å². The minimum atomic E-state index is -0.668. The molecule has 17 heavy (non-hydrogen) atoms. The Bertz CT molecular complexity index is 231. The van der Waals surface area contributed by atoms with Crippen LogP contribution in [0.1, 0.15) is 58.3 Å². The highest BCUT2D eigenvalue weighted by molar-refractivity contribution is 5.66. The Balaban J connectivity index is 3.83. The molecule has 0 heterocycles. The molecule has 0 aliphatic carbocycles. The second kappa shape index (κ2) is 11.4. The summed E-state index contributed by atoms with van der Waals surface area (Å²) in [6.45, 7) is 5.80. The molecule has 0 aliphatic rings. The van der Waals surface area contributed by atoms with Gasteiger partial charge in [0.25, 0.3) is 0 Å². The average molecular weight is 238 g/mol. The van der Waals surface area contributed by atoms with E-state index in [4.69, 9.17) is 5.11 Å². The largest absolute Gasteiger partial charge is 0.481 e. The number of allylic oxidation sites excluding steroid dienone is 3. The summed E-state index contributed by atoms with van der Waals surface area (Å²) in [5, 5.41) is 8.86. The zero-order valence-electron chi connectivity index (χ0n) is 11.0. The second-order valence-electron chi connectivity index (χ2n) is 4.55. The minimum absolute atomic E-state index is 0.314. The van der Waals surface area contributed by atoms with Crippen molar-refractivity contribution in [3.63, 3.8) is 0 Å². The first-order chi connectivity index (χ1) is 8.20. The molecule has 0 aromatic rings. The molecule has 2 heteroatoms. The van der Waals surface area contributed by atoms with E-state index in [1.165, 1.54) is 19.3 Å². The van der Waals surface area contributed by atoms with Gasteiger partial charge in [-0.05, 0) is 25.2 Å². The molecule has 0 saturated heterocycles. The monoisotopic (exact) mass is 238 g/mol. The maximum absolute atomic E-state index is 10.8. The highest BCUT2D eigenvalue weighted by atomic mass is 16.4. The molecule has 0 bridgehead atoms. The maximum atomic E-state index is 10.8. The van der Waals surface area contributed by atoms with Crippen molar-refractivity contribution in [1.82, 2.24) is 0 Å².